The van der Waals surface area contributed by atoms with Gasteiger partial charge in [-0.3, -0.25) is 9.10 Å². The molecular formula is C22H23ClN2O4S. The van der Waals surface area contributed by atoms with Crippen LogP contribution in [0.4, 0.5) is 5.69 Å². The molecule has 30 heavy (non-hydrogen) atoms. The third-order valence-electron chi connectivity index (χ3n) is 5.30. The van der Waals surface area contributed by atoms with Crippen LogP contribution in [0.5, 0.6) is 5.75 Å². The molecule has 8 heteroatoms. The van der Waals surface area contributed by atoms with Crippen LogP contribution in [0.3, 0.4) is 0 Å². The fraction of sp³-hybridized carbons (Fsp3) is 0.318. The first-order chi connectivity index (χ1) is 14.4. The number of amides is 1. The standard InChI is InChI=1S/C22H23ClN2O4S/c23-17-10-12-18(13-11-17)30(27,28)25-15-21(29-20-9-5-4-8-19(20)25)22(26)24-14-16-6-2-1-3-7-16/h4-6,8-13,21H,1-3,7,14-15H2,(H,24,26)/t21-/m1/s1. The highest BCUT2D eigenvalue weighted by atomic mass is 35.5. The smallest absolute Gasteiger partial charge is 0.264 e. The maximum absolute atomic E-state index is 13.3. The Morgan fingerprint density at radius 3 is 2.63 bits per heavy atom. The number of halogens is 1. The van der Waals surface area contributed by atoms with E-state index in [1.54, 1.807) is 24.3 Å². The van der Waals surface area contributed by atoms with E-state index in [4.69, 9.17) is 16.3 Å². The van der Waals surface area contributed by atoms with E-state index < -0.39 is 16.1 Å². The van der Waals surface area contributed by atoms with Crippen LogP contribution in [-0.2, 0) is 14.8 Å². The summed E-state index contributed by atoms with van der Waals surface area (Å²) in [5.74, 6) is 0.0330. The minimum Gasteiger partial charge on any atom is -0.476 e. The molecular weight excluding hydrogens is 424 g/mol. The molecule has 0 fully saturated rings. The van der Waals surface area contributed by atoms with Crippen LogP contribution in [0.15, 0.2) is 65.1 Å². The lowest BCUT2D eigenvalue weighted by molar-refractivity contribution is -0.127. The molecule has 6 nitrogen and oxygen atoms in total. The molecule has 1 amide bonds. The second-order valence-electron chi connectivity index (χ2n) is 7.39. The zero-order valence-electron chi connectivity index (χ0n) is 16.4. The summed E-state index contributed by atoms with van der Waals surface area (Å²) in [6, 6.07) is 12.8. The number of allylic oxidation sites excluding steroid dienone is 1. The molecule has 1 atom stereocenters. The number of hydrogen-bond acceptors (Lipinski definition) is 4. The molecule has 2 aromatic carbocycles. The summed E-state index contributed by atoms with van der Waals surface area (Å²) >= 11 is 5.91. The Bertz CT molecular complexity index is 1070. The highest BCUT2D eigenvalue weighted by Crippen LogP contribution is 2.37. The van der Waals surface area contributed by atoms with Gasteiger partial charge >= 0.3 is 0 Å². The number of nitrogens with one attached hydrogen (secondary N) is 1. The van der Waals surface area contributed by atoms with Crippen LogP contribution in [0.1, 0.15) is 25.7 Å². The van der Waals surface area contributed by atoms with Crippen molar-refractivity contribution in [3.05, 3.63) is 65.2 Å². The van der Waals surface area contributed by atoms with Gasteiger partial charge in [0, 0.05) is 11.6 Å². The molecule has 0 aromatic heterocycles. The second kappa shape index (κ2) is 8.70. The van der Waals surface area contributed by atoms with Gasteiger partial charge in [0.1, 0.15) is 5.75 Å². The van der Waals surface area contributed by atoms with Crippen molar-refractivity contribution in [2.45, 2.75) is 36.7 Å². The van der Waals surface area contributed by atoms with E-state index in [1.807, 2.05) is 0 Å². The van der Waals surface area contributed by atoms with Gasteiger partial charge in [-0.2, -0.15) is 0 Å². The van der Waals surface area contributed by atoms with E-state index in [2.05, 4.69) is 11.4 Å². The van der Waals surface area contributed by atoms with Crippen LogP contribution in [0.2, 0.25) is 5.02 Å². The van der Waals surface area contributed by atoms with Crippen LogP contribution >= 0.6 is 11.6 Å². The number of ether oxygens (including phenoxy) is 1. The first-order valence-corrected chi connectivity index (χ1v) is 11.8. The number of para-hydroxylation sites is 2. The number of carbonyl (C=O) groups is 1. The fourth-order valence-corrected chi connectivity index (χ4v) is 5.28. The number of fused-ring (bicyclic) bond motifs is 1. The Balaban J connectivity index is 1.58. The predicted molar refractivity (Wildman–Crippen MR) is 116 cm³/mol. The van der Waals surface area contributed by atoms with Crippen LogP contribution < -0.4 is 14.4 Å². The Kier molecular flexibility index (Phi) is 6.01. The topological polar surface area (TPSA) is 75.7 Å². The van der Waals surface area contributed by atoms with E-state index in [0.717, 1.165) is 19.3 Å². The average Bonchev–Trinajstić information content (AvgIpc) is 2.77. The van der Waals surface area contributed by atoms with Crippen molar-refractivity contribution in [2.24, 2.45) is 0 Å². The monoisotopic (exact) mass is 446 g/mol. The minimum atomic E-state index is -3.89. The van der Waals surface area contributed by atoms with Gasteiger partial charge in [-0.05, 0) is 62.1 Å². The van der Waals surface area contributed by atoms with E-state index in [1.165, 1.54) is 40.6 Å². The number of nitrogens with zero attached hydrogens (tertiary/aromatic N) is 1. The van der Waals surface area contributed by atoms with Gasteiger partial charge in [-0.1, -0.05) is 35.4 Å². The molecule has 0 spiro atoms. The van der Waals surface area contributed by atoms with Gasteiger partial charge in [-0.15, -0.1) is 0 Å². The Hall–Kier alpha value is -2.51. The SMILES string of the molecule is O=C(NCC1=CCCCC1)[C@H]1CN(S(=O)(=O)c2ccc(Cl)cc2)c2ccccc2O1. The van der Waals surface area contributed by atoms with Gasteiger partial charge in [0.15, 0.2) is 6.10 Å². The van der Waals surface area contributed by atoms with Crippen molar-refractivity contribution < 1.29 is 17.9 Å². The molecule has 1 aliphatic heterocycles. The van der Waals surface area contributed by atoms with Crippen molar-refractivity contribution in [3.8, 4) is 5.75 Å². The Morgan fingerprint density at radius 1 is 1.13 bits per heavy atom. The lowest BCUT2D eigenvalue weighted by atomic mass is 10.00. The Morgan fingerprint density at radius 2 is 1.90 bits per heavy atom. The van der Waals surface area contributed by atoms with E-state index in [0.29, 0.717) is 23.0 Å². The molecule has 158 valence electrons. The molecule has 2 aliphatic rings. The molecule has 1 heterocycles. The largest absolute Gasteiger partial charge is 0.476 e. The molecule has 0 saturated carbocycles. The zero-order chi connectivity index (χ0) is 21.1. The van der Waals surface area contributed by atoms with Crippen molar-refractivity contribution in [2.75, 3.05) is 17.4 Å². The van der Waals surface area contributed by atoms with E-state index in [9.17, 15) is 13.2 Å². The second-order valence-corrected chi connectivity index (χ2v) is 9.69. The van der Waals surface area contributed by atoms with Crippen LogP contribution in [0.25, 0.3) is 0 Å². The van der Waals surface area contributed by atoms with Crippen LogP contribution in [0, 0.1) is 0 Å². The third-order valence-corrected chi connectivity index (χ3v) is 7.35. The molecule has 4 rings (SSSR count). The molecule has 2 aromatic rings. The molecule has 0 unspecified atom stereocenters. The van der Waals surface area contributed by atoms with Crippen molar-refractivity contribution >= 4 is 33.2 Å². The Labute approximate surface area is 181 Å². The number of benzene rings is 2. The summed E-state index contributed by atoms with van der Waals surface area (Å²) < 4.78 is 33.7. The first-order valence-electron chi connectivity index (χ1n) is 9.95. The van der Waals surface area contributed by atoms with Crippen LogP contribution in [-0.4, -0.2) is 33.5 Å². The van der Waals surface area contributed by atoms with Gasteiger partial charge in [0.05, 0.1) is 17.1 Å². The third kappa shape index (κ3) is 4.32. The summed E-state index contributed by atoms with van der Waals surface area (Å²) in [6.45, 7) is 0.358. The summed E-state index contributed by atoms with van der Waals surface area (Å²) in [7, 11) is -3.89. The first kappa shape index (κ1) is 20.8. The summed E-state index contributed by atoms with van der Waals surface area (Å²) in [5, 5.41) is 3.35. The van der Waals surface area contributed by atoms with Crippen molar-refractivity contribution in [1.82, 2.24) is 5.32 Å². The highest BCUT2D eigenvalue weighted by molar-refractivity contribution is 7.92. The number of carbonyl (C=O) groups excluding carboxylic acids is 1. The van der Waals surface area contributed by atoms with Gasteiger partial charge in [0.25, 0.3) is 15.9 Å². The average molecular weight is 447 g/mol. The van der Waals surface area contributed by atoms with Gasteiger partial charge in [-0.25, -0.2) is 8.42 Å². The molecule has 1 aliphatic carbocycles. The molecule has 0 radical (unpaired) electrons. The lowest BCUT2D eigenvalue weighted by Gasteiger charge is -2.34. The number of rotatable bonds is 5. The fourth-order valence-electron chi connectivity index (χ4n) is 3.68. The quantitative estimate of drug-likeness (QED) is 0.706. The maximum Gasteiger partial charge on any atom is 0.264 e. The predicted octanol–water partition coefficient (Wildman–Crippen LogP) is 3.91. The summed E-state index contributed by atoms with van der Waals surface area (Å²) in [5.41, 5.74) is 1.61. The highest BCUT2D eigenvalue weighted by Gasteiger charge is 2.37. The normalized spacial score (nSPS) is 18.8. The van der Waals surface area contributed by atoms with E-state index in [-0.39, 0.29) is 17.3 Å². The minimum absolute atomic E-state index is 0.104. The van der Waals surface area contributed by atoms with E-state index >= 15 is 0 Å². The van der Waals surface area contributed by atoms with Crippen molar-refractivity contribution in [3.63, 3.8) is 0 Å². The molecule has 1 N–H and O–H groups in total. The maximum atomic E-state index is 13.3. The number of anilines is 1. The molecule has 0 saturated heterocycles. The zero-order valence-corrected chi connectivity index (χ0v) is 18.0. The number of sulfonamides is 1. The van der Waals surface area contributed by atoms with Gasteiger partial charge < -0.3 is 10.1 Å². The molecule has 0 bridgehead atoms. The number of hydrogen-bond donors (Lipinski definition) is 1. The lowest BCUT2D eigenvalue weighted by Crippen LogP contribution is -2.51. The summed E-state index contributed by atoms with van der Waals surface area (Å²) in [6.07, 6.45) is 5.54. The van der Waals surface area contributed by atoms with Crippen molar-refractivity contribution in [1.29, 1.82) is 0 Å². The van der Waals surface area contributed by atoms with Gasteiger partial charge in [0.2, 0.25) is 0 Å². The summed E-state index contributed by atoms with van der Waals surface area (Å²) in [4.78, 5) is 12.9.